The van der Waals surface area contributed by atoms with Crippen molar-refractivity contribution in [3.8, 4) is 11.5 Å². The molecule has 2 aromatic rings. The maximum Gasteiger partial charge on any atom is 0.286 e. The van der Waals surface area contributed by atoms with E-state index in [0.29, 0.717) is 19.8 Å². The highest BCUT2D eigenvalue weighted by Crippen LogP contribution is 2.34. The van der Waals surface area contributed by atoms with Gasteiger partial charge in [0, 0.05) is 30.6 Å². The molecule has 0 aliphatic carbocycles. The molecule has 9 nitrogen and oxygen atoms in total. The van der Waals surface area contributed by atoms with Gasteiger partial charge < -0.3 is 19.5 Å². The molecule has 1 amide bonds. The molecule has 0 radical (unpaired) electrons. The molecule has 1 N–H and O–H groups in total. The number of amides is 1. The van der Waals surface area contributed by atoms with Crippen LogP contribution in [0.5, 0.6) is 11.5 Å². The molecule has 29 heavy (non-hydrogen) atoms. The predicted molar refractivity (Wildman–Crippen MR) is 108 cm³/mol. The number of benzene rings is 1. The number of carbonyl (C=O) groups excluding carboxylic acids is 1. The van der Waals surface area contributed by atoms with Gasteiger partial charge in [0.05, 0.1) is 44.5 Å². The second-order valence-corrected chi connectivity index (χ2v) is 7.35. The van der Waals surface area contributed by atoms with Gasteiger partial charge in [-0.2, -0.15) is 0 Å². The Hall–Kier alpha value is -2.69. The molecule has 1 atom stereocenters. The minimum Gasteiger partial charge on any atom is -0.493 e. The van der Waals surface area contributed by atoms with Crippen LogP contribution in [0.2, 0.25) is 0 Å². The lowest BCUT2D eigenvalue weighted by Crippen LogP contribution is -2.43. The van der Waals surface area contributed by atoms with E-state index in [1.54, 1.807) is 11.3 Å². The molecule has 2 heterocycles. The summed E-state index contributed by atoms with van der Waals surface area (Å²) in [4.78, 5) is 27.1. The first-order valence-corrected chi connectivity index (χ1v) is 9.97. The quantitative estimate of drug-likeness (QED) is 0.516. The molecule has 0 spiro atoms. The summed E-state index contributed by atoms with van der Waals surface area (Å²) in [5.41, 5.74) is -0.404. The molecule has 1 aromatic heterocycles. The largest absolute Gasteiger partial charge is 0.493 e. The van der Waals surface area contributed by atoms with E-state index in [1.165, 1.54) is 26.4 Å². The average molecular weight is 421 g/mol. The Labute approximate surface area is 172 Å². The topological polar surface area (TPSA) is 103 Å². The zero-order valence-electron chi connectivity index (χ0n) is 16.3. The van der Waals surface area contributed by atoms with Crippen molar-refractivity contribution in [3.63, 3.8) is 0 Å². The van der Waals surface area contributed by atoms with E-state index in [0.717, 1.165) is 18.0 Å². The summed E-state index contributed by atoms with van der Waals surface area (Å²) >= 11 is 1.61. The number of carbonyl (C=O) groups is 1. The maximum atomic E-state index is 12.8. The molecule has 0 unspecified atom stereocenters. The molecule has 10 heteroatoms. The van der Waals surface area contributed by atoms with Gasteiger partial charge in [0.25, 0.3) is 11.6 Å². The monoisotopic (exact) mass is 421 g/mol. The summed E-state index contributed by atoms with van der Waals surface area (Å²) in [6.07, 6.45) is 0. The van der Waals surface area contributed by atoms with Gasteiger partial charge in [-0.3, -0.25) is 19.8 Å². The predicted octanol–water partition coefficient (Wildman–Crippen LogP) is 2.48. The Morgan fingerprint density at radius 1 is 1.31 bits per heavy atom. The highest BCUT2D eigenvalue weighted by molar-refractivity contribution is 7.10. The van der Waals surface area contributed by atoms with Crippen molar-refractivity contribution < 1.29 is 23.9 Å². The van der Waals surface area contributed by atoms with E-state index in [2.05, 4.69) is 10.2 Å². The number of morpholine rings is 1. The lowest BCUT2D eigenvalue weighted by molar-refractivity contribution is -0.385. The van der Waals surface area contributed by atoms with Gasteiger partial charge in [-0.05, 0) is 11.4 Å². The number of nitro benzene ring substituents is 1. The fourth-order valence-electron chi connectivity index (χ4n) is 3.27. The molecular formula is C19H23N3O6S. The van der Waals surface area contributed by atoms with Crippen molar-refractivity contribution in [1.82, 2.24) is 10.2 Å². The number of hydrogen-bond acceptors (Lipinski definition) is 8. The Kier molecular flexibility index (Phi) is 7.02. The number of nitrogens with zero attached hydrogens (tertiary/aromatic N) is 2. The van der Waals surface area contributed by atoms with Crippen LogP contribution in [0.25, 0.3) is 0 Å². The number of ether oxygens (including phenoxy) is 3. The molecule has 1 saturated heterocycles. The first-order chi connectivity index (χ1) is 14.0. The minimum atomic E-state index is -0.602. The summed E-state index contributed by atoms with van der Waals surface area (Å²) in [7, 11) is 2.80. The third-order valence-electron chi connectivity index (χ3n) is 4.76. The van der Waals surface area contributed by atoms with Crippen molar-refractivity contribution in [2.24, 2.45) is 0 Å². The van der Waals surface area contributed by atoms with Crippen LogP contribution in [0.4, 0.5) is 5.69 Å². The molecule has 1 aromatic carbocycles. The van der Waals surface area contributed by atoms with Crippen molar-refractivity contribution in [2.75, 3.05) is 47.1 Å². The summed E-state index contributed by atoms with van der Waals surface area (Å²) in [5.74, 6) is -0.0840. The zero-order chi connectivity index (χ0) is 20.8. The van der Waals surface area contributed by atoms with Gasteiger partial charge in [-0.25, -0.2) is 0 Å². The van der Waals surface area contributed by atoms with E-state index in [9.17, 15) is 14.9 Å². The van der Waals surface area contributed by atoms with Crippen LogP contribution in [0.15, 0.2) is 29.6 Å². The van der Waals surface area contributed by atoms with Crippen LogP contribution in [0.3, 0.4) is 0 Å². The highest BCUT2D eigenvalue weighted by atomic mass is 32.1. The van der Waals surface area contributed by atoms with Gasteiger partial charge in [0.15, 0.2) is 11.5 Å². The van der Waals surface area contributed by atoms with Crippen LogP contribution < -0.4 is 14.8 Å². The van der Waals surface area contributed by atoms with Crippen LogP contribution >= 0.6 is 11.3 Å². The van der Waals surface area contributed by atoms with E-state index in [-0.39, 0.29) is 28.8 Å². The molecule has 1 fully saturated rings. The molecule has 1 aliphatic heterocycles. The standard InChI is InChI=1S/C19H23N3O6S/c1-26-16-10-13(14(22(24)25)11-17(16)27-2)19(23)20-12-15(18-4-3-9-29-18)21-5-7-28-8-6-21/h3-4,9-11,15H,5-8,12H2,1-2H3,(H,20,23)/t15-/m1/s1. The zero-order valence-corrected chi connectivity index (χ0v) is 17.1. The summed E-state index contributed by atoms with van der Waals surface area (Å²) in [6.45, 7) is 3.11. The Balaban J connectivity index is 1.82. The smallest absolute Gasteiger partial charge is 0.286 e. The molecular weight excluding hydrogens is 398 g/mol. The van der Waals surface area contributed by atoms with Crippen molar-refractivity contribution in [1.29, 1.82) is 0 Å². The molecule has 1 aliphatic rings. The van der Waals surface area contributed by atoms with E-state index in [1.807, 2.05) is 17.5 Å². The summed E-state index contributed by atoms with van der Waals surface area (Å²) in [5, 5.41) is 16.3. The Bertz CT molecular complexity index is 852. The summed E-state index contributed by atoms with van der Waals surface area (Å²) in [6, 6.07) is 6.50. The number of nitro groups is 1. The number of nitrogens with one attached hydrogen (secondary N) is 1. The number of methoxy groups -OCH3 is 2. The van der Waals surface area contributed by atoms with Gasteiger partial charge in [0.2, 0.25) is 0 Å². The van der Waals surface area contributed by atoms with E-state index < -0.39 is 10.8 Å². The number of hydrogen-bond donors (Lipinski definition) is 1. The third kappa shape index (κ3) is 4.84. The molecule has 3 rings (SSSR count). The van der Waals surface area contributed by atoms with Gasteiger partial charge in [-0.15, -0.1) is 11.3 Å². The molecule has 0 bridgehead atoms. The second-order valence-electron chi connectivity index (χ2n) is 6.37. The van der Waals surface area contributed by atoms with Crippen LogP contribution in [0, 0.1) is 10.1 Å². The van der Waals surface area contributed by atoms with Gasteiger partial charge in [-0.1, -0.05) is 6.07 Å². The molecule has 0 saturated carbocycles. The van der Waals surface area contributed by atoms with Crippen LogP contribution in [0.1, 0.15) is 21.3 Å². The van der Waals surface area contributed by atoms with E-state index in [4.69, 9.17) is 14.2 Å². The normalized spacial score (nSPS) is 15.5. The van der Waals surface area contributed by atoms with Crippen molar-refractivity contribution in [2.45, 2.75) is 6.04 Å². The lowest BCUT2D eigenvalue weighted by atomic mass is 10.1. The SMILES string of the molecule is COc1cc(C(=O)NC[C@H](c2cccs2)N2CCOCC2)c([N+](=O)[O-])cc1OC. The van der Waals surface area contributed by atoms with Gasteiger partial charge >= 0.3 is 0 Å². The fourth-order valence-corrected chi connectivity index (χ4v) is 4.13. The Morgan fingerprint density at radius 2 is 2.00 bits per heavy atom. The third-order valence-corrected chi connectivity index (χ3v) is 5.73. The van der Waals surface area contributed by atoms with Crippen molar-refractivity contribution in [3.05, 3.63) is 50.2 Å². The number of thiophene rings is 1. The average Bonchev–Trinajstić information content (AvgIpc) is 3.28. The fraction of sp³-hybridized carbons (Fsp3) is 0.421. The second kappa shape index (κ2) is 9.68. The lowest BCUT2D eigenvalue weighted by Gasteiger charge is -2.34. The van der Waals surface area contributed by atoms with Gasteiger partial charge in [0.1, 0.15) is 5.56 Å². The van der Waals surface area contributed by atoms with Crippen molar-refractivity contribution >= 4 is 22.9 Å². The number of rotatable bonds is 8. The highest BCUT2D eigenvalue weighted by Gasteiger charge is 2.27. The van der Waals surface area contributed by atoms with E-state index >= 15 is 0 Å². The summed E-state index contributed by atoms with van der Waals surface area (Å²) < 4.78 is 15.7. The Morgan fingerprint density at radius 3 is 2.59 bits per heavy atom. The van der Waals surface area contributed by atoms with Crippen LogP contribution in [-0.2, 0) is 4.74 Å². The first-order valence-electron chi connectivity index (χ1n) is 9.09. The molecule has 156 valence electrons. The minimum absolute atomic E-state index is 0.0259. The first kappa shape index (κ1) is 21.0. The van der Waals surface area contributed by atoms with Crippen LogP contribution in [-0.4, -0.2) is 62.8 Å². The maximum absolute atomic E-state index is 12.8.